The van der Waals surface area contributed by atoms with Gasteiger partial charge in [-0.15, -0.1) is 0 Å². The van der Waals surface area contributed by atoms with Crippen LogP contribution in [0.3, 0.4) is 0 Å². The van der Waals surface area contributed by atoms with Crippen LogP contribution in [0.15, 0.2) is 34.8 Å². The van der Waals surface area contributed by atoms with Crippen LogP contribution in [0.1, 0.15) is 35.3 Å². The molecule has 0 aliphatic carbocycles. The van der Waals surface area contributed by atoms with Crippen LogP contribution in [0.4, 0.5) is 5.69 Å². The number of amides is 2. The van der Waals surface area contributed by atoms with Gasteiger partial charge < -0.3 is 20.1 Å². The third-order valence-corrected chi connectivity index (χ3v) is 4.88. The molecule has 1 aliphatic heterocycles. The van der Waals surface area contributed by atoms with Crippen LogP contribution in [-0.2, 0) is 17.8 Å². The minimum Gasteiger partial charge on any atom is -0.490 e. The van der Waals surface area contributed by atoms with Gasteiger partial charge in [-0.1, -0.05) is 22.0 Å². The Morgan fingerprint density at radius 1 is 1.15 bits per heavy atom. The Bertz CT molecular complexity index is 883. The zero-order valence-corrected chi connectivity index (χ0v) is 16.8. The summed E-state index contributed by atoms with van der Waals surface area (Å²) in [5.41, 5.74) is 2.93. The van der Waals surface area contributed by atoms with E-state index >= 15 is 0 Å². The third-order valence-electron chi connectivity index (χ3n) is 4.14. The van der Waals surface area contributed by atoms with E-state index in [-0.39, 0.29) is 18.2 Å². The quantitative estimate of drug-likeness (QED) is 0.699. The largest absolute Gasteiger partial charge is 0.490 e. The highest BCUT2D eigenvalue weighted by Gasteiger charge is 2.19. The molecule has 0 unspecified atom stereocenters. The monoisotopic (exact) mass is 432 g/mol. The lowest BCUT2D eigenvalue weighted by Gasteiger charge is -2.14. The van der Waals surface area contributed by atoms with Crippen molar-refractivity contribution in [3.63, 3.8) is 0 Å². The topological polar surface area (TPSA) is 76.7 Å². The van der Waals surface area contributed by atoms with Crippen LogP contribution < -0.4 is 20.1 Å². The van der Waals surface area contributed by atoms with Gasteiger partial charge >= 0.3 is 0 Å². The molecule has 2 aromatic rings. The number of hydrogen-bond donors (Lipinski definition) is 2. The van der Waals surface area contributed by atoms with E-state index in [0.29, 0.717) is 42.5 Å². The summed E-state index contributed by atoms with van der Waals surface area (Å²) in [5, 5.41) is 5.61. The maximum absolute atomic E-state index is 12.5. The fourth-order valence-electron chi connectivity index (χ4n) is 2.92. The highest BCUT2D eigenvalue weighted by atomic mass is 79.9. The molecule has 0 spiro atoms. The van der Waals surface area contributed by atoms with E-state index in [0.717, 1.165) is 15.6 Å². The fourth-order valence-corrected chi connectivity index (χ4v) is 3.38. The molecule has 7 heteroatoms. The van der Waals surface area contributed by atoms with Gasteiger partial charge in [-0.25, -0.2) is 0 Å². The van der Waals surface area contributed by atoms with Gasteiger partial charge in [0, 0.05) is 22.3 Å². The Kier molecular flexibility index (Phi) is 6.01. The smallest absolute Gasteiger partial charge is 0.251 e. The first-order valence-electron chi connectivity index (χ1n) is 8.80. The number of carbonyl (C=O) groups excluding carboxylic acids is 2. The van der Waals surface area contributed by atoms with Gasteiger partial charge in [-0.2, -0.15) is 0 Å². The first-order valence-corrected chi connectivity index (χ1v) is 9.60. The second-order valence-corrected chi connectivity index (χ2v) is 6.89. The Morgan fingerprint density at radius 2 is 1.85 bits per heavy atom. The molecule has 0 aromatic heterocycles. The van der Waals surface area contributed by atoms with Gasteiger partial charge in [0.15, 0.2) is 11.5 Å². The normalized spacial score (nSPS) is 12.3. The molecular formula is C20H21BrN2O4. The van der Waals surface area contributed by atoms with E-state index in [9.17, 15) is 9.59 Å². The zero-order chi connectivity index (χ0) is 19.4. The maximum atomic E-state index is 12.5. The van der Waals surface area contributed by atoms with Crippen molar-refractivity contribution in [2.75, 3.05) is 18.5 Å². The summed E-state index contributed by atoms with van der Waals surface area (Å²) in [4.78, 5) is 24.3. The molecule has 1 aliphatic rings. The van der Waals surface area contributed by atoms with Crippen LogP contribution in [-0.4, -0.2) is 25.0 Å². The van der Waals surface area contributed by atoms with Crippen molar-refractivity contribution in [3.8, 4) is 11.5 Å². The molecular weight excluding hydrogens is 412 g/mol. The minimum absolute atomic E-state index is 0.114. The number of nitrogens with one attached hydrogen (secondary N) is 2. The zero-order valence-electron chi connectivity index (χ0n) is 15.2. The first-order chi connectivity index (χ1) is 13.0. The van der Waals surface area contributed by atoms with E-state index in [1.165, 1.54) is 0 Å². The predicted octanol–water partition coefficient (Wildman–Crippen LogP) is 3.67. The Labute approximate surface area is 166 Å². The standard InChI is InChI=1S/C20H21BrN2O4/c1-3-26-17-7-13(16(21)10-18(17)27-4-2)8-19(24)23-14-6-5-12-11-22-20(25)15(12)9-14/h5-7,9-10H,3-4,8,11H2,1-2H3,(H,22,25)(H,23,24). The SMILES string of the molecule is CCOc1cc(Br)c(CC(=O)Nc2ccc3c(c2)C(=O)NC3)cc1OCC. The molecule has 0 fully saturated rings. The molecule has 0 bridgehead atoms. The average Bonchev–Trinajstić information content (AvgIpc) is 3.00. The number of halogens is 1. The van der Waals surface area contributed by atoms with Crippen LogP contribution in [0, 0.1) is 0 Å². The molecule has 2 aromatic carbocycles. The lowest BCUT2D eigenvalue weighted by Crippen LogP contribution is -2.16. The molecule has 0 saturated heterocycles. The van der Waals surface area contributed by atoms with E-state index in [1.54, 1.807) is 12.1 Å². The molecule has 1 heterocycles. The van der Waals surface area contributed by atoms with Crippen molar-refractivity contribution in [3.05, 3.63) is 51.5 Å². The van der Waals surface area contributed by atoms with Crippen molar-refractivity contribution < 1.29 is 19.1 Å². The van der Waals surface area contributed by atoms with E-state index in [4.69, 9.17) is 9.47 Å². The number of carbonyl (C=O) groups is 2. The van der Waals surface area contributed by atoms with Crippen LogP contribution in [0.25, 0.3) is 0 Å². The van der Waals surface area contributed by atoms with Gasteiger partial charge in [-0.3, -0.25) is 9.59 Å². The molecule has 0 saturated carbocycles. The Morgan fingerprint density at radius 3 is 2.56 bits per heavy atom. The summed E-state index contributed by atoms with van der Waals surface area (Å²) >= 11 is 3.50. The Balaban J connectivity index is 1.75. The fraction of sp³-hybridized carbons (Fsp3) is 0.300. The van der Waals surface area contributed by atoms with Gasteiger partial charge in [-0.05, 0) is 49.2 Å². The Hall–Kier alpha value is -2.54. The van der Waals surface area contributed by atoms with Gasteiger partial charge in [0.25, 0.3) is 5.91 Å². The highest BCUT2D eigenvalue weighted by molar-refractivity contribution is 9.10. The second kappa shape index (κ2) is 8.43. The molecule has 27 heavy (non-hydrogen) atoms. The number of rotatable bonds is 7. The summed E-state index contributed by atoms with van der Waals surface area (Å²) in [7, 11) is 0. The van der Waals surface area contributed by atoms with Gasteiger partial charge in [0.1, 0.15) is 0 Å². The van der Waals surface area contributed by atoms with E-state index in [1.807, 2.05) is 32.0 Å². The summed E-state index contributed by atoms with van der Waals surface area (Å²) in [6.45, 7) is 5.36. The summed E-state index contributed by atoms with van der Waals surface area (Å²) in [5.74, 6) is 0.956. The molecule has 0 radical (unpaired) electrons. The molecule has 2 N–H and O–H groups in total. The lowest BCUT2D eigenvalue weighted by atomic mass is 10.1. The van der Waals surface area contributed by atoms with E-state index in [2.05, 4.69) is 26.6 Å². The molecule has 0 atom stereocenters. The first kappa shape index (κ1) is 19.2. The number of benzene rings is 2. The minimum atomic E-state index is -0.180. The summed E-state index contributed by atoms with van der Waals surface area (Å²) in [6, 6.07) is 8.98. The van der Waals surface area contributed by atoms with Crippen molar-refractivity contribution in [2.45, 2.75) is 26.8 Å². The second-order valence-electron chi connectivity index (χ2n) is 6.04. The third kappa shape index (κ3) is 4.42. The molecule has 2 amide bonds. The van der Waals surface area contributed by atoms with Crippen LogP contribution in [0.5, 0.6) is 11.5 Å². The van der Waals surface area contributed by atoms with Crippen molar-refractivity contribution in [1.29, 1.82) is 0 Å². The van der Waals surface area contributed by atoms with Crippen molar-refractivity contribution in [1.82, 2.24) is 5.32 Å². The van der Waals surface area contributed by atoms with Gasteiger partial charge in [0.05, 0.1) is 19.6 Å². The summed E-state index contributed by atoms with van der Waals surface area (Å²) in [6.07, 6.45) is 0.163. The lowest BCUT2D eigenvalue weighted by molar-refractivity contribution is -0.115. The van der Waals surface area contributed by atoms with E-state index < -0.39 is 0 Å². The summed E-state index contributed by atoms with van der Waals surface area (Å²) < 4.78 is 12.0. The number of hydrogen-bond acceptors (Lipinski definition) is 4. The van der Waals surface area contributed by atoms with Crippen LogP contribution in [0.2, 0.25) is 0 Å². The average molecular weight is 433 g/mol. The molecule has 6 nitrogen and oxygen atoms in total. The number of ether oxygens (including phenoxy) is 2. The molecule has 142 valence electrons. The predicted molar refractivity (Wildman–Crippen MR) is 106 cm³/mol. The number of anilines is 1. The number of fused-ring (bicyclic) bond motifs is 1. The van der Waals surface area contributed by atoms with Crippen molar-refractivity contribution >= 4 is 33.4 Å². The molecule has 3 rings (SSSR count). The van der Waals surface area contributed by atoms with Crippen LogP contribution >= 0.6 is 15.9 Å². The highest BCUT2D eigenvalue weighted by Crippen LogP contribution is 2.34. The van der Waals surface area contributed by atoms with Gasteiger partial charge in [0.2, 0.25) is 5.91 Å². The van der Waals surface area contributed by atoms with Crippen molar-refractivity contribution in [2.24, 2.45) is 0 Å². The maximum Gasteiger partial charge on any atom is 0.251 e.